The number of esters is 1. The topological polar surface area (TPSA) is 84.5 Å². The van der Waals surface area contributed by atoms with Gasteiger partial charge in [-0.25, -0.2) is 0 Å². The van der Waals surface area contributed by atoms with Gasteiger partial charge in [-0.05, 0) is 37.1 Å². The van der Waals surface area contributed by atoms with Crippen molar-refractivity contribution in [2.24, 2.45) is 0 Å². The lowest BCUT2D eigenvalue weighted by molar-refractivity contribution is -0.147. The molecule has 0 saturated heterocycles. The second-order valence-electron chi connectivity index (χ2n) is 4.93. The summed E-state index contributed by atoms with van der Waals surface area (Å²) in [5.41, 5.74) is 0.437. The Hall–Kier alpha value is -1.89. The molecule has 0 bridgehead atoms. The molecule has 1 aromatic rings. The fraction of sp³-hybridized carbons (Fsp3) is 0.438. The van der Waals surface area contributed by atoms with E-state index in [2.05, 4.69) is 26.6 Å². The molecule has 2 amide bonds. The van der Waals surface area contributed by atoms with E-state index >= 15 is 0 Å². The molecule has 6 nitrogen and oxygen atoms in total. The van der Waals surface area contributed by atoms with Crippen LogP contribution in [0.15, 0.2) is 28.7 Å². The van der Waals surface area contributed by atoms with Crippen molar-refractivity contribution in [2.75, 3.05) is 13.2 Å². The van der Waals surface area contributed by atoms with Crippen molar-refractivity contribution < 1.29 is 19.1 Å². The minimum absolute atomic E-state index is 0.0818. The van der Waals surface area contributed by atoms with Crippen LogP contribution in [0, 0.1) is 0 Å². The van der Waals surface area contributed by atoms with Crippen LogP contribution in [0.1, 0.15) is 37.0 Å². The van der Waals surface area contributed by atoms with Gasteiger partial charge in [-0.15, -0.1) is 0 Å². The van der Waals surface area contributed by atoms with E-state index in [1.165, 1.54) is 0 Å². The summed E-state index contributed by atoms with van der Waals surface area (Å²) in [6, 6.07) is 6.81. The van der Waals surface area contributed by atoms with Gasteiger partial charge in [0.2, 0.25) is 0 Å². The van der Waals surface area contributed by atoms with Gasteiger partial charge in [-0.1, -0.05) is 29.8 Å². The molecule has 0 saturated carbocycles. The number of halogens is 1. The van der Waals surface area contributed by atoms with Crippen molar-refractivity contribution in [1.82, 2.24) is 10.6 Å². The summed E-state index contributed by atoms with van der Waals surface area (Å²) < 4.78 is 5.68. The number of ether oxygens (including phenoxy) is 1. The quantitative estimate of drug-likeness (QED) is 0.671. The fourth-order valence-electron chi connectivity index (χ4n) is 1.81. The van der Waals surface area contributed by atoms with Crippen LogP contribution in [-0.4, -0.2) is 37.0 Å². The van der Waals surface area contributed by atoms with Crippen molar-refractivity contribution in [3.05, 3.63) is 34.3 Å². The summed E-state index contributed by atoms with van der Waals surface area (Å²) in [6.45, 7) is 3.31. The molecule has 0 aromatic heterocycles. The van der Waals surface area contributed by atoms with Crippen molar-refractivity contribution >= 4 is 33.7 Å². The lowest BCUT2D eigenvalue weighted by atomic mass is 10.2. The van der Waals surface area contributed by atoms with Gasteiger partial charge in [0.15, 0.2) is 6.61 Å². The van der Waals surface area contributed by atoms with Gasteiger partial charge < -0.3 is 15.4 Å². The molecular weight excluding hydrogens is 364 g/mol. The number of hydrogen-bond acceptors (Lipinski definition) is 4. The van der Waals surface area contributed by atoms with Crippen LogP contribution in [0.4, 0.5) is 0 Å². The zero-order valence-corrected chi connectivity index (χ0v) is 14.8. The largest absolute Gasteiger partial charge is 0.454 e. The van der Waals surface area contributed by atoms with Crippen LogP contribution in [0.3, 0.4) is 0 Å². The molecule has 1 rings (SSSR count). The van der Waals surface area contributed by atoms with E-state index < -0.39 is 5.97 Å². The summed E-state index contributed by atoms with van der Waals surface area (Å²) in [7, 11) is 0. The van der Waals surface area contributed by atoms with Crippen molar-refractivity contribution in [3.63, 3.8) is 0 Å². The Kier molecular flexibility index (Phi) is 8.32. The third-order valence-corrected chi connectivity index (χ3v) is 3.74. The summed E-state index contributed by atoms with van der Waals surface area (Å²) >= 11 is 3.27. The SMILES string of the molecule is CCC(CC)NC(=O)COC(=O)CNC(=O)c1ccc(Br)cc1. The second-order valence-corrected chi connectivity index (χ2v) is 5.85. The van der Waals surface area contributed by atoms with Gasteiger partial charge in [-0.2, -0.15) is 0 Å². The summed E-state index contributed by atoms with van der Waals surface area (Å²) in [6.07, 6.45) is 1.64. The third kappa shape index (κ3) is 7.27. The molecule has 0 fully saturated rings. The minimum atomic E-state index is -0.657. The summed E-state index contributed by atoms with van der Waals surface area (Å²) in [4.78, 5) is 34.9. The number of hydrogen-bond donors (Lipinski definition) is 2. The Balaban J connectivity index is 2.30. The zero-order valence-electron chi connectivity index (χ0n) is 13.2. The van der Waals surface area contributed by atoms with E-state index in [-0.39, 0.29) is 31.0 Å². The molecule has 0 aliphatic rings. The molecule has 7 heteroatoms. The predicted molar refractivity (Wildman–Crippen MR) is 89.9 cm³/mol. The molecule has 23 heavy (non-hydrogen) atoms. The highest BCUT2D eigenvalue weighted by Gasteiger charge is 2.12. The first-order valence-electron chi connectivity index (χ1n) is 7.45. The van der Waals surface area contributed by atoms with Gasteiger partial charge in [-0.3, -0.25) is 14.4 Å². The molecule has 0 aliphatic heterocycles. The predicted octanol–water partition coefficient (Wildman–Crippen LogP) is 2.03. The Morgan fingerprint density at radius 3 is 2.30 bits per heavy atom. The fourth-order valence-corrected chi connectivity index (χ4v) is 2.08. The molecule has 0 radical (unpaired) electrons. The maximum atomic E-state index is 11.8. The number of nitrogens with one attached hydrogen (secondary N) is 2. The normalized spacial score (nSPS) is 10.3. The first-order chi connectivity index (χ1) is 11.0. The summed E-state index contributed by atoms with van der Waals surface area (Å²) in [5.74, 6) is -1.38. The van der Waals surface area contributed by atoms with Crippen LogP contribution in [0.2, 0.25) is 0 Å². The number of carbonyl (C=O) groups is 3. The molecule has 0 atom stereocenters. The molecule has 0 unspecified atom stereocenters. The van der Waals surface area contributed by atoms with E-state index in [0.29, 0.717) is 5.56 Å². The Morgan fingerprint density at radius 1 is 1.13 bits per heavy atom. The zero-order chi connectivity index (χ0) is 17.2. The van der Waals surface area contributed by atoms with Gasteiger partial charge in [0, 0.05) is 16.1 Å². The Bertz CT molecular complexity index is 542. The lowest BCUT2D eigenvalue weighted by Gasteiger charge is -2.14. The first kappa shape index (κ1) is 19.2. The van der Waals surface area contributed by atoms with Crippen molar-refractivity contribution in [3.8, 4) is 0 Å². The van der Waals surface area contributed by atoms with Gasteiger partial charge in [0.25, 0.3) is 11.8 Å². The molecule has 0 heterocycles. The maximum Gasteiger partial charge on any atom is 0.325 e. The van der Waals surface area contributed by atoms with Crippen LogP contribution in [-0.2, 0) is 14.3 Å². The number of carbonyl (C=O) groups excluding carboxylic acids is 3. The molecule has 126 valence electrons. The molecule has 0 aliphatic carbocycles. The van der Waals surface area contributed by atoms with Gasteiger partial charge in [0.1, 0.15) is 6.54 Å². The number of benzene rings is 1. The van der Waals surface area contributed by atoms with Gasteiger partial charge in [0.05, 0.1) is 0 Å². The molecular formula is C16H21BrN2O4. The minimum Gasteiger partial charge on any atom is -0.454 e. The van der Waals surface area contributed by atoms with Crippen LogP contribution >= 0.6 is 15.9 Å². The third-order valence-electron chi connectivity index (χ3n) is 3.21. The molecule has 1 aromatic carbocycles. The molecule has 0 spiro atoms. The number of amides is 2. The first-order valence-corrected chi connectivity index (χ1v) is 8.24. The Labute approximate surface area is 144 Å². The van der Waals surface area contributed by atoms with Crippen molar-refractivity contribution in [1.29, 1.82) is 0 Å². The highest BCUT2D eigenvalue weighted by atomic mass is 79.9. The highest BCUT2D eigenvalue weighted by molar-refractivity contribution is 9.10. The standard InChI is InChI=1S/C16H21BrN2O4/c1-3-13(4-2)19-14(20)10-23-15(21)9-18-16(22)11-5-7-12(17)8-6-11/h5-8,13H,3-4,9-10H2,1-2H3,(H,18,22)(H,19,20). The van der Waals surface area contributed by atoms with Crippen LogP contribution in [0.5, 0.6) is 0 Å². The van der Waals surface area contributed by atoms with E-state index in [1.54, 1.807) is 24.3 Å². The van der Waals surface area contributed by atoms with Crippen LogP contribution < -0.4 is 10.6 Å². The summed E-state index contributed by atoms with van der Waals surface area (Å²) in [5, 5.41) is 5.20. The van der Waals surface area contributed by atoms with Crippen LogP contribution in [0.25, 0.3) is 0 Å². The van der Waals surface area contributed by atoms with Gasteiger partial charge >= 0.3 is 5.97 Å². The number of rotatable bonds is 8. The van der Waals surface area contributed by atoms with E-state index in [0.717, 1.165) is 17.3 Å². The molecule has 2 N–H and O–H groups in total. The highest BCUT2D eigenvalue weighted by Crippen LogP contribution is 2.10. The second kappa shape index (κ2) is 9.99. The monoisotopic (exact) mass is 384 g/mol. The average Bonchev–Trinajstić information content (AvgIpc) is 2.56. The maximum absolute atomic E-state index is 11.8. The van der Waals surface area contributed by atoms with Crippen molar-refractivity contribution in [2.45, 2.75) is 32.7 Å². The lowest BCUT2D eigenvalue weighted by Crippen LogP contribution is -2.38. The van der Waals surface area contributed by atoms with E-state index in [9.17, 15) is 14.4 Å². The average molecular weight is 385 g/mol. The van der Waals surface area contributed by atoms with E-state index in [4.69, 9.17) is 4.74 Å². The smallest absolute Gasteiger partial charge is 0.325 e. The Morgan fingerprint density at radius 2 is 1.74 bits per heavy atom. The van der Waals surface area contributed by atoms with E-state index in [1.807, 2.05) is 13.8 Å².